The molecule has 0 unspecified atom stereocenters. The van der Waals surface area contributed by atoms with E-state index in [1.165, 1.54) is 0 Å². The Morgan fingerprint density at radius 1 is 1.25 bits per heavy atom. The van der Waals surface area contributed by atoms with Crippen LogP contribution in [0.25, 0.3) is 16.7 Å². The Morgan fingerprint density at radius 2 is 2.04 bits per heavy atom. The van der Waals surface area contributed by atoms with Crippen molar-refractivity contribution in [2.24, 2.45) is 0 Å². The number of fused-ring (bicyclic) bond motifs is 5. The topological polar surface area (TPSA) is 72.4 Å². The minimum absolute atomic E-state index is 0.0919. The van der Waals surface area contributed by atoms with Crippen LogP contribution in [0.4, 0.5) is 0 Å². The summed E-state index contributed by atoms with van der Waals surface area (Å²) < 4.78 is 7.07. The van der Waals surface area contributed by atoms with E-state index in [2.05, 4.69) is 13.0 Å². The average molecular weight is 321 g/mol. The maximum atomic E-state index is 13.1. The summed E-state index contributed by atoms with van der Waals surface area (Å²) in [6.45, 7) is 2.14. The maximum Gasteiger partial charge on any atom is 0.339 e. The lowest BCUT2D eigenvalue weighted by Crippen LogP contribution is -2.31. The molecule has 1 aliphatic carbocycles. The fourth-order valence-corrected chi connectivity index (χ4v) is 4.53. The van der Waals surface area contributed by atoms with Crippen LogP contribution in [0.15, 0.2) is 44.3 Å². The minimum Gasteiger partial charge on any atom is -0.507 e. The highest BCUT2D eigenvalue weighted by Crippen LogP contribution is 2.50. The van der Waals surface area contributed by atoms with Gasteiger partial charge in [0.2, 0.25) is 0 Å². The van der Waals surface area contributed by atoms with Crippen molar-refractivity contribution in [2.45, 2.75) is 31.6 Å². The molecular weight excluding hydrogens is 306 g/mol. The van der Waals surface area contributed by atoms with Gasteiger partial charge in [-0.05, 0) is 37.8 Å². The Hall–Kier alpha value is -2.82. The molecule has 0 saturated heterocycles. The Kier molecular flexibility index (Phi) is 2.37. The molecule has 2 aromatic heterocycles. The number of hydrogen-bond donors (Lipinski definition) is 1. The third-order valence-electron chi connectivity index (χ3n) is 5.51. The smallest absolute Gasteiger partial charge is 0.339 e. The van der Waals surface area contributed by atoms with Crippen LogP contribution in [0.1, 0.15) is 36.6 Å². The van der Waals surface area contributed by atoms with Gasteiger partial charge < -0.3 is 9.52 Å². The number of aryl methyl sites for hydroxylation is 1. The van der Waals surface area contributed by atoms with Crippen LogP contribution in [0.5, 0.6) is 5.75 Å². The molecule has 0 radical (unpaired) electrons. The number of rotatable bonds is 0. The first-order chi connectivity index (χ1) is 11.5. The highest BCUT2D eigenvalue weighted by Gasteiger charge is 2.45. The molecule has 5 heteroatoms. The van der Waals surface area contributed by atoms with E-state index >= 15 is 0 Å². The molecule has 1 N–H and O–H groups in total. The van der Waals surface area contributed by atoms with Gasteiger partial charge in [-0.1, -0.05) is 18.2 Å². The quantitative estimate of drug-likeness (QED) is 0.691. The van der Waals surface area contributed by atoms with Gasteiger partial charge in [0.1, 0.15) is 11.1 Å². The molecule has 1 atom stereocenters. The van der Waals surface area contributed by atoms with Gasteiger partial charge in [0.15, 0.2) is 5.58 Å². The van der Waals surface area contributed by atoms with Crippen LogP contribution < -0.4 is 11.2 Å². The van der Waals surface area contributed by atoms with E-state index in [-0.39, 0.29) is 27.7 Å². The van der Waals surface area contributed by atoms with Crippen molar-refractivity contribution in [1.82, 2.24) is 4.57 Å². The first-order valence-electron chi connectivity index (χ1n) is 8.07. The Balaban J connectivity index is 2.10. The molecule has 5 nitrogen and oxygen atoms in total. The number of nitrogens with zero attached hydrogens (tertiary/aromatic N) is 1. The van der Waals surface area contributed by atoms with Crippen molar-refractivity contribution in [3.05, 3.63) is 67.9 Å². The van der Waals surface area contributed by atoms with Crippen molar-refractivity contribution >= 4 is 11.0 Å². The second-order valence-electron chi connectivity index (χ2n) is 6.83. The molecule has 3 aromatic rings. The molecule has 0 spiro atoms. The van der Waals surface area contributed by atoms with Gasteiger partial charge in [-0.25, -0.2) is 4.79 Å². The summed E-state index contributed by atoms with van der Waals surface area (Å²) >= 11 is 0. The summed E-state index contributed by atoms with van der Waals surface area (Å²) in [5.41, 5.74) is 2.74. The lowest BCUT2D eigenvalue weighted by atomic mass is 9.71. The standard InChI is InChI=1S/C19H15NO4/c1-19-8-4-5-10-16-15(13(21)9-14(22)24-16)18(23)20(17(10)19)12-7-3-2-6-11(12)19/h2-3,6-7,9,21H,4-5,8H2,1H3/t19-/m1/s1. The second-order valence-corrected chi connectivity index (χ2v) is 6.83. The number of aromatic hydroxyl groups is 1. The Morgan fingerprint density at radius 3 is 2.88 bits per heavy atom. The van der Waals surface area contributed by atoms with Crippen LogP contribution in [0.3, 0.4) is 0 Å². The second kappa shape index (κ2) is 4.17. The summed E-state index contributed by atoms with van der Waals surface area (Å²) in [4.78, 5) is 24.9. The number of hydrogen-bond acceptors (Lipinski definition) is 4. The molecule has 3 heterocycles. The zero-order valence-electron chi connectivity index (χ0n) is 13.1. The molecule has 0 fully saturated rings. The summed E-state index contributed by atoms with van der Waals surface area (Å²) in [5.74, 6) is -0.311. The third kappa shape index (κ3) is 1.40. The molecule has 120 valence electrons. The summed E-state index contributed by atoms with van der Waals surface area (Å²) in [5, 5.41) is 10.3. The molecule has 0 saturated carbocycles. The normalized spacial score (nSPS) is 20.9. The van der Waals surface area contributed by atoms with Gasteiger partial charge in [-0.3, -0.25) is 9.36 Å². The summed E-state index contributed by atoms with van der Waals surface area (Å²) in [7, 11) is 0. The predicted molar refractivity (Wildman–Crippen MR) is 89.1 cm³/mol. The lowest BCUT2D eigenvalue weighted by Gasteiger charge is -2.32. The van der Waals surface area contributed by atoms with Crippen LogP contribution in [0, 0.1) is 0 Å². The number of para-hydroxylation sites is 1. The monoisotopic (exact) mass is 321 g/mol. The number of aromatic nitrogens is 1. The number of pyridine rings is 1. The van der Waals surface area contributed by atoms with Gasteiger partial charge in [0.25, 0.3) is 5.56 Å². The van der Waals surface area contributed by atoms with Crippen LogP contribution in [-0.4, -0.2) is 9.67 Å². The van der Waals surface area contributed by atoms with Gasteiger partial charge in [0, 0.05) is 16.7 Å². The van der Waals surface area contributed by atoms with Crippen molar-refractivity contribution in [2.75, 3.05) is 0 Å². The average Bonchev–Trinajstić information content (AvgIpc) is 2.82. The van der Waals surface area contributed by atoms with Crippen LogP contribution in [0.2, 0.25) is 0 Å². The Labute approximate surface area is 136 Å². The maximum absolute atomic E-state index is 13.1. The zero-order valence-corrected chi connectivity index (χ0v) is 13.1. The van der Waals surface area contributed by atoms with E-state index in [1.807, 2.05) is 18.2 Å². The molecule has 0 bridgehead atoms. The molecule has 0 amide bonds. The molecule has 5 rings (SSSR count). The predicted octanol–water partition coefficient (Wildman–Crippen LogP) is 2.61. The van der Waals surface area contributed by atoms with Crippen LogP contribution in [-0.2, 0) is 11.8 Å². The van der Waals surface area contributed by atoms with E-state index in [0.29, 0.717) is 0 Å². The largest absolute Gasteiger partial charge is 0.507 e. The highest BCUT2D eigenvalue weighted by molar-refractivity contribution is 5.87. The van der Waals surface area contributed by atoms with Gasteiger partial charge in [-0.15, -0.1) is 0 Å². The van der Waals surface area contributed by atoms with Crippen molar-refractivity contribution < 1.29 is 9.52 Å². The van der Waals surface area contributed by atoms with E-state index in [0.717, 1.165) is 47.8 Å². The van der Waals surface area contributed by atoms with Gasteiger partial charge in [0.05, 0.1) is 11.8 Å². The summed E-state index contributed by atoms with van der Waals surface area (Å²) in [6.07, 6.45) is 2.59. The fourth-order valence-electron chi connectivity index (χ4n) is 4.53. The van der Waals surface area contributed by atoms with E-state index in [4.69, 9.17) is 4.42 Å². The van der Waals surface area contributed by atoms with Gasteiger partial charge >= 0.3 is 5.63 Å². The van der Waals surface area contributed by atoms with E-state index in [1.54, 1.807) is 4.57 Å². The Bertz CT molecular complexity index is 1150. The lowest BCUT2D eigenvalue weighted by molar-refractivity contribution is 0.447. The third-order valence-corrected chi connectivity index (χ3v) is 5.51. The SMILES string of the molecule is C[C@]12CCCc3c1n(c(=O)c1c(O)cc(=O)oc31)-c1ccccc12. The molecular formula is C19H15NO4. The van der Waals surface area contributed by atoms with E-state index < -0.39 is 5.63 Å². The highest BCUT2D eigenvalue weighted by atomic mass is 16.4. The fraction of sp³-hybridized carbons (Fsp3) is 0.263. The number of benzene rings is 1. The minimum atomic E-state index is -0.636. The molecule has 1 aromatic carbocycles. The van der Waals surface area contributed by atoms with Gasteiger partial charge in [-0.2, -0.15) is 0 Å². The summed E-state index contributed by atoms with van der Waals surface area (Å²) in [6, 6.07) is 8.84. The molecule has 1 aliphatic heterocycles. The van der Waals surface area contributed by atoms with Crippen molar-refractivity contribution in [1.29, 1.82) is 0 Å². The van der Waals surface area contributed by atoms with Crippen LogP contribution >= 0.6 is 0 Å². The zero-order chi connectivity index (χ0) is 16.6. The van der Waals surface area contributed by atoms with Crippen molar-refractivity contribution in [3.63, 3.8) is 0 Å². The molecule has 2 aliphatic rings. The van der Waals surface area contributed by atoms with E-state index in [9.17, 15) is 14.7 Å². The first-order valence-corrected chi connectivity index (χ1v) is 8.07. The van der Waals surface area contributed by atoms with Crippen molar-refractivity contribution in [3.8, 4) is 11.4 Å². The first kappa shape index (κ1) is 13.6. The molecule has 24 heavy (non-hydrogen) atoms.